The number of anilines is 3. The van der Waals surface area contributed by atoms with Crippen molar-refractivity contribution in [2.75, 3.05) is 4.90 Å². The van der Waals surface area contributed by atoms with Crippen molar-refractivity contribution in [1.29, 1.82) is 0 Å². The van der Waals surface area contributed by atoms with E-state index in [-0.39, 0.29) is 5.41 Å². The third-order valence-electron chi connectivity index (χ3n) is 12.7. The topological polar surface area (TPSA) is 16.4 Å². The van der Waals surface area contributed by atoms with Gasteiger partial charge in [0.15, 0.2) is 0 Å². The maximum absolute atomic E-state index is 6.57. The fourth-order valence-corrected chi connectivity index (χ4v) is 10.5. The monoisotopic (exact) mass is 689 g/mol. The van der Waals surface area contributed by atoms with E-state index in [2.05, 4.69) is 189 Å². The summed E-state index contributed by atoms with van der Waals surface area (Å²) in [7, 11) is 0. The number of hydrogen-bond donors (Lipinski definition) is 0. The van der Waals surface area contributed by atoms with Crippen LogP contribution >= 0.6 is 0 Å². The maximum Gasteiger partial charge on any atom is 0.137 e. The summed E-state index contributed by atoms with van der Waals surface area (Å²) in [5, 5.41) is 2.26. The fraction of sp³-hybridized carbons (Fsp3) is 0.0769. The Bertz CT molecular complexity index is 3010. The molecule has 12 rings (SSSR count). The highest BCUT2D eigenvalue weighted by atomic mass is 16.3. The van der Waals surface area contributed by atoms with Crippen molar-refractivity contribution < 1.29 is 4.42 Å². The Morgan fingerprint density at radius 1 is 0.389 bits per heavy atom. The highest BCUT2D eigenvalue weighted by Crippen LogP contribution is 2.65. The van der Waals surface area contributed by atoms with Crippen LogP contribution in [0.15, 0.2) is 180 Å². The average molecular weight is 690 g/mol. The van der Waals surface area contributed by atoms with Gasteiger partial charge in [-0.2, -0.15) is 0 Å². The lowest BCUT2D eigenvalue weighted by Crippen LogP contribution is -2.26. The molecule has 0 saturated carbocycles. The Morgan fingerprint density at radius 2 is 0.870 bits per heavy atom. The van der Waals surface area contributed by atoms with Crippen LogP contribution in [0.2, 0.25) is 0 Å². The van der Waals surface area contributed by atoms with Crippen molar-refractivity contribution in [3.8, 4) is 33.4 Å². The Kier molecular flexibility index (Phi) is 5.81. The summed E-state index contributed by atoms with van der Waals surface area (Å²) in [5.41, 5.74) is 20.4. The van der Waals surface area contributed by atoms with Crippen LogP contribution in [0.25, 0.3) is 55.3 Å². The van der Waals surface area contributed by atoms with Crippen molar-refractivity contribution in [2.45, 2.75) is 24.7 Å². The lowest BCUT2D eigenvalue weighted by molar-refractivity contribution is 0.660. The van der Waals surface area contributed by atoms with Gasteiger partial charge in [0.05, 0.1) is 16.8 Å². The van der Waals surface area contributed by atoms with E-state index in [0.717, 1.165) is 33.3 Å². The molecule has 0 atom stereocenters. The van der Waals surface area contributed by atoms with Crippen LogP contribution in [0.3, 0.4) is 0 Å². The van der Waals surface area contributed by atoms with Gasteiger partial charge in [-0.15, -0.1) is 0 Å². The van der Waals surface area contributed by atoms with E-state index in [1.54, 1.807) is 0 Å². The molecule has 3 aliphatic rings. The number of rotatable bonds is 3. The van der Waals surface area contributed by atoms with Gasteiger partial charge in [-0.25, -0.2) is 0 Å². The molecule has 1 spiro atoms. The van der Waals surface area contributed by atoms with Gasteiger partial charge in [0.25, 0.3) is 0 Å². The SMILES string of the molecule is CC1(C)c2ccccc2-c2c(N(c3ccc4c(c3)oc3ccccc34)c3cccc4c3-c3ccccc3C43c4ccccc4-c4ccccc43)cccc21. The summed E-state index contributed by atoms with van der Waals surface area (Å²) in [6.45, 7) is 4.73. The second-order valence-electron chi connectivity index (χ2n) is 15.6. The van der Waals surface area contributed by atoms with Crippen LogP contribution in [0.4, 0.5) is 17.1 Å². The number of nitrogens with zero attached hydrogens (tertiary/aromatic N) is 1. The van der Waals surface area contributed by atoms with E-state index < -0.39 is 5.41 Å². The summed E-state index contributed by atoms with van der Waals surface area (Å²) >= 11 is 0. The summed E-state index contributed by atoms with van der Waals surface area (Å²) in [6.07, 6.45) is 0. The molecule has 0 unspecified atom stereocenters. The van der Waals surface area contributed by atoms with E-state index in [0.29, 0.717) is 0 Å². The van der Waals surface area contributed by atoms with Gasteiger partial charge in [-0.3, -0.25) is 0 Å². The van der Waals surface area contributed by atoms with Crippen molar-refractivity contribution in [1.82, 2.24) is 0 Å². The first-order valence-electron chi connectivity index (χ1n) is 18.9. The van der Waals surface area contributed by atoms with E-state index in [1.165, 1.54) is 72.4 Å². The summed E-state index contributed by atoms with van der Waals surface area (Å²) < 4.78 is 6.57. The first kappa shape index (κ1) is 29.9. The van der Waals surface area contributed by atoms with Crippen molar-refractivity contribution >= 4 is 39.0 Å². The molecular formula is C52H35NO. The molecule has 0 fully saturated rings. The van der Waals surface area contributed by atoms with Crippen LogP contribution in [0.5, 0.6) is 0 Å². The Hall–Kier alpha value is -6.64. The molecule has 8 aromatic carbocycles. The molecule has 1 aromatic heterocycles. The summed E-state index contributed by atoms with van der Waals surface area (Å²) in [4.78, 5) is 2.52. The Labute approximate surface area is 314 Å². The lowest BCUT2D eigenvalue weighted by atomic mass is 9.70. The van der Waals surface area contributed by atoms with Gasteiger partial charge >= 0.3 is 0 Å². The minimum atomic E-state index is -0.434. The second-order valence-corrected chi connectivity index (χ2v) is 15.6. The third-order valence-corrected chi connectivity index (χ3v) is 12.7. The largest absolute Gasteiger partial charge is 0.456 e. The molecule has 9 aromatic rings. The predicted octanol–water partition coefficient (Wildman–Crippen LogP) is 13.7. The van der Waals surface area contributed by atoms with E-state index in [9.17, 15) is 0 Å². The molecule has 254 valence electrons. The molecule has 0 bridgehead atoms. The summed E-state index contributed by atoms with van der Waals surface area (Å²) in [6, 6.07) is 65.2. The van der Waals surface area contributed by atoms with Gasteiger partial charge in [0.1, 0.15) is 11.2 Å². The van der Waals surface area contributed by atoms with Gasteiger partial charge in [-0.1, -0.05) is 153 Å². The quantitative estimate of drug-likeness (QED) is 0.184. The van der Waals surface area contributed by atoms with Gasteiger partial charge in [0, 0.05) is 39.1 Å². The maximum atomic E-state index is 6.57. The molecule has 1 heterocycles. The highest BCUT2D eigenvalue weighted by Gasteiger charge is 2.52. The van der Waals surface area contributed by atoms with E-state index in [4.69, 9.17) is 4.42 Å². The van der Waals surface area contributed by atoms with Crippen LogP contribution in [0.1, 0.15) is 47.2 Å². The standard InChI is InChI=1S/C52H35NO/c1-51(2)39-20-8-5-18-37(39)49-43(51)24-13-26-45(49)53(32-29-30-36-35-17-7-12-28-47(35)54-48(36)31-32)46-27-14-25-44-50(46)38-19-6-11-23-42(38)52(44)40-21-9-3-15-33(40)34-16-4-10-22-41(34)52/h3-31H,1-2H3. The van der Waals surface area contributed by atoms with Crippen LogP contribution in [-0.2, 0) is 10.8 Å². The zero-order valence-corrected chi connectivity index (χ0v) is 30.1. The first-order chi connectivity index (χ1) is 26.6. The minimum absolute atomic E-state index is 0.136. The zero-order chi connectivity index (χ0) is 35.8. The summed E-state index contributed by atoms with van der Waals surface area (Å²) in [5.74, 6) is 0. The van der Waals surface area contributed by atoms with Crippen LogP contribution in [-0.4, -0.2) is 0 Å². The van der Waals surface area contributed by atoms with Crippen molar-refractivity contribution in [2.24, 2.45) is 0 Å². The predicted molar refractivity (Wildman–Crippen MR) is 222 cm³/mol. The van der Waals surface area contributed by atoms with E-state index >= 15 is 0 Å². The van der Waals surface area contributed by atoms with Gasteiger partial charge in [-0.05, 0) is 86.0 Å². The zero-order valence-electron chi connectivity index (χ0n) is 30.1. The molecule has 3 aliphatic carbocycles. The Balaban J connectivity index is 1.20. The fourth-order valence-electron chi connectivity index (χ4n) is 10.5. The Morgan fingerprint density at radius 3 is 1.56 bits per heavy atom. The number of fused-ring (bicyclic) bond motifs is 16. The number of para-hydroxylation sites is 1. The molecule has 54 heavy (non-hydrogen) atoms. The van der Waals surface area contributed by atoms with Crippen LogP contribution in [0, 0.1) is 0 Å². The molecule has 0 N–H and O–H groups in total. The first-order valence-corrected chi connectivity index (χ1v) is 18.9. The molecular weight excluding hydrogens is 655 g/mol. The molecule has 2 heteroatoms. The van der Waals surface area contributed by atoms with Crippen molar-refractivity contribution in [3.05, 3.63) is 209 Å². The highest BCUT2D eigenvalue weighted by molar-refractivity contribution is 6.08. The second kappa shape index (κ2) is 10.5. The lowest BCUT2D eigenvalue weighted by Gasteiger charge is -2.32. The van der Waals surface area contributed by atoms with Gasteiger partial charge < -0.3 is 9.32 Å². The molecule has 0 radical (unpaired) electrons. The normalized spacial score (nSPS) is 14.8. The number of benzene rings is 8. The molecule has 0 aliphatic heterocycles. The smallest absolute Gasteiger partial charge is 0.137 e. The molecule has 0 saturated heterocycles. The van der Waals surface area contributed by atoms with E-state index in [1.807, 2.05) is 6.07 Å². The number of furan rings is 1. The minimum Gasteiger partial charge on any atom is -0.456 e. The molecule has 2 nitrogen and oxygen atoms in total. The third kappa shape index (κ3) is 3.60. The number of hydrogen-bond acceptors (Lipinski definition) is 2. The molecule has 0 amide bonds. The van der Waals surface area contributed by atoms with Crippen molar-refractivity contribution in [3.63, 3.8) is 0 Å². The van der Waals surface area contributed by atoms with Crippen LogP contribution < -0.4 is 4.90 Å². The van der Waals surface area contributed by atoms with Gasteiger partial charge in [0.2, 0.25) is 0 Å². The average Bonchev–Trinajstić information content (AvgIpc) is 3.91.